The average Bonchev–Trinajstić information content (AvgIpc) is 3.56. The highest BCUT2D eigenvalue weighted by atomic mass is 19.1. The minimum absolute atomic E-state index is 0.133. The van der Waals surface area contributed by atoms with Crippen molar-refractivity contribution in [2.45, 2.75) is 19.9 Å². The van der Waals surface area contributed by atoms with Crippen LogP contribution in [0.15, 0.2) is 67.1 Å². The van der Waals surface area contributed by atoms with Crippen LogP contribution in [0.2, 0.25) is 0 Å². The zero-order valence-electron chi connectivity index (χ0n) is 20.8. The number of nitrogens with zero attached hydrogens (tertiary/aromatic N) is 5. The van der Waals surface area contributed by atoms with Crippen molar-refractivity contribution >= 4 is 5.69 Å². The minimum Gasteiger partial charge on any atom is -0.371 e. The van der Waals surface area contributed by atoms with Crippen LogP contribution in [0.3, 0.4) is 0 Å². The quantitative estimate of drug-likeness (QED) is 0.384. The number of fused-ring (bicyclic) bond motifs is 5. The van der Waals surface area contributed by atoms with Crippen molar-refractivity contribution in [3.05, 3.63) is 78.5 Å². The first-order valence-electron chi connectivity index (χ1n) is 12.4. The Bertz CT molecular complexity index is 1370. The van der Waals surface area contributed by atoms with E-state index in [1.165, 1.54) is 29.1 Å². The van der Waals surface area contributed by atoms with Crippen LogP contribution in [0.25, 0.3) is 28.3 Å². The van der Waals surface area contributed by atoms with Gasteiger partial charge in [0.1, 0.15) is 5.82 Å². The third-order valence-corrected chi connectivity index (χ3v) is 7.77. The van der Waals surface area contributed by atoms with Crippen LogP contribution in [-0.2, 0) is 0 Å². The Balaban J connectivity index is 1.41. The number of benzene rings is 2. The maximum atomic E-state index is 13.5. The highest BCUT2D eigenvalue weighted by Crippen LogP contribution is 2.40. The number of aromatic nitrogens is 3. The van der Waals surface area contributed by atoms with Gasteiger partial charge in [0.15, 0.2) is 5.82 Å². The lowest BCUT2D eigenvalue weighted by atomic mass is 9.98. The molecule has 2 aromatic heterocycles. The number of imidazole rings is 1. The molecule has 6 rings (SSSR count). The van der Waals surface area contributed by atoms with Gasteiger partial charge in [-0.25, -0.2) is 9.37 Å². The van der Waals surface area contributed by atoms with Gasteiger partial charge >= 0.3 is 0 Å². The number of halogens is 1. The second-order valence-corrected chi connectivity index (χ2v) is 10.5. The number of hydrogen-bond acceptors (Lipinski definition) is 3. The van der Waals surface area contributed by atoms with Crippen molar-refractivity contribution in [2.24, 2.45) is 11.8 Å². The summed E-state index contributed by atoms with van der Waals surface area (Å²) < 4.78 is 18.0. The molecule has 4 aromatic rings. The first kappa shape index (κ1) is 22.1. The molecule has 6 heteroatoms. The summed E-state index contributed by atoms with van der Waals surface area (Å²) in [4.78, 5) is 9.58. The summed E-state index contributed by atoms with van der Waals surface area (Å²) in [5.74, 6) is 2.06. The molecule has 2 aromatic carbocycles. The Morgan fingerprint density at radius 2 is 1.80 bits per heavy atom. The lowest BCUT2D eigenvalue weighted by Crippen LogP contribution is -2.27. The van der Waals surface area contributed by atoms with Crippen LogP contribution in [-0.4, -0.2) is 52.7 Å². The van der Waals surface area contributed by atoms with Crippen LogP contribution in [0.1, 0.15) is 25.5 Å². The largest absolute Gasteiger partial charge is 0.371 e. The van der Waals surface area contributed by atoms with E-state index in [9.17, 15) is 4.39 Å². The Kier molecular flexibility index (Phi) is 5.29. The molecule has 4 heterocycles. The molecule has 0 saturated carbocycles. The van der Waals surface area contributed by atoms with Crippen molar-refractivity contribution in [1.82, 2.24) is 19.0 Å². The topological polar surface area (TPSA) is 29.2 Å². The summed E-state index contributed by atoms with van der Waals surface area (Å²) in [7, 11) is 4.33. The molecule has 0 aliphatic carbocycles. The molecule has 5 nitrogen and oxygen atoms in total. The Labute approximate surface area is 206 Å². The molecule has 35 heavy (non-hydrogen) atoms. The van der Waals surface area contributed by atoms with Gasteiger partial charge in [-0.2, -0.15) is 0 Å². The molecule has 0 spiro atoms. The summed E-state index contributed by atoms with van der Waals surface area (Å²) in [5.41, 5.74) is 6.90. The van der Waals surface area contributed by atoms with Crippen LogP contribution < -0.4 is 4.90 Å². The molecule has 1 fully saturated rings. The van der Waals surface area contributed by atoms with E-state index in [1.54, 1.807) is 0 Å². The predicted octanol–water partition coefficient (Wildman–Crippen LogP) is 5.70. The molecular formula is C29H32FN5. The lowest BCUT2D eigenvalue weighted by Gasteiger charge is -2.23. The van der Waals surface area contributed by atoms with Gasteiger partial charge in [0, 0.05) is 55.0 Å². The number of rotatable bonds is 4. The van der Waals surface area contributed by atoms with Gasteiger partial charge in [0.05, 0.1) is 17.4 Å². The third kappa shape index (κ3) is 3.76. The van der Waals surface area contributed by atoms with Crippen molar-refractivity contribution in [3.8, 4) is 28.3 Å². The summed E-state index contributed by atoms with van der Waals surface area (Å²) >= 11 is 0. The van der Waals surface area contributed by atoms with E-state index in [-0.39, 0.29) is 11.9 Å². The van der Waals surface area contributed by atoms with Gasteiger partial charge in [-0.3, -0.25) is 4.57 Å². The second-order valence-electron chi connectivity index (χ2n) is 10.5. The Morgan fingerprint density at radius 3 is 2.57 bits per heavy atom. The fourth-order valence-corrected chi connectivity index (χ4v) is 5.86. The zero-order valence-corrected chi connectivity index (χ0v) is 20.8. The van der Waals surface area contributed by atoms with E-state index in [0.717, 1.165) is 42.3 Å². The van der Waals surface area contributed by atoms with Crippen LogP contribution in [0.5, 0.6) is 0 Å². The van der Waals surface area contributed by atoms with Crippen LogP contribution in [0.4, 0.5) is 10.1 Å². The summed E-state index contributed by atoms with van der Waals surface area (Å²) in [6.07, 6.45) is 6.09. The van der Waals surface area contributed by atoms with Gasteiger partial charge in [-0.15, -0.1) is 0 Å². The molecular weight excluding hydrogens is 437 g/mol. The van der Waals surface area contributed by atoms with E-state index < -0.39 is 0 Å². The molecule has 180 valence electrons. The average molecular weight is 470 g/mol. The normalized spacial score (nSPS) is 21.1. The first-order chi connectivity index (χ1) is 16.9. The molecule has 0 radical (unpaired) electrons. The van der Waals surface area contributed by atoms with Gasteiger partial charge in [-0.05, 0) is 74.8 Å². The van der Waals surface area contributed by atoms with Crippen molar-refractivity contribution in [3.63, 3.8) is 0 Å². The van der Waals surface area contributed by atoms with Gasteiger partial charge < -0.3 is 14.4 Å². The molecule has 0 bridgehead atoms. The maximum Gasteiger partial charge on any atom is 0.161 e. The molecule has 2 aliphatic heterocycles. The fraction of sp³-hybridized carbons (Fsp3) is 0.345. The Hall–Kier alpha value is -3.38. The molecule has 1 saturated heterocycles. The first-order valence-corrected chi connectivity index (χ1v) is 12.4. The van der Waals surface area contributed by atoms with E-state index in [4.69, 9.17) is 4.98 Å². The van der Waals surface area contributed by atoms with E-state index in [1.807, 2.05) is 24.5 Å². The van der Waals surface area contributed by atoms with E-state index in [0.29, 0.717) is 11.8 Å². The molecule has 0 amide bonds. The monoisotopic (exact) mass is 469 g/mol. The summed E-state index contributed by atoms with van der Waals surface area (Å²) in [6, 6.07) is 15.9. The highest BCUT2D eigenvalue weighted by molar-refractivity contribution is 5.72. The van der Waals surface area contributed by atoms with Gasteiger partial charge in [0.2, 0.25) is 0 Å². The van der Waals surface area contributed by atoms with Crippen molar-refractivity contribution < 1.29 is 4.39 Å². The molecule has 2 aliphatic rings. The standard InChI is InChI=1S/C29H32FN5/c1-19-15-33(17-23(19)16-32(3)4)25-9-10-27-26(14-25)20(2)35-18-22(21-5-7-24(30)8-6-21)13-28(35)29-31-11-12-34(27)29/h5-14,18-20,23H,15-17H2,1-4H3/t19-,20?,23-/m1/s1. The second kappa shape index (κ2) is 8.38. The smallest absolute Gasteiger partial charge is 0.161 e. The van der Waals surface area contributed by atoms with Crippen molar-refractivity contribution in [1.29, 1.82) is 0 Å². The third-order valence-electron chi connectivity index (χ3n) is 7.77. The highest BCUT2D eigenvalue weighted by Gasteiger charge is 2.31. The van der Waals surface area contributed by atoms with Crippen LogP contribution >= 0.6 is 0 Å². The van der Waals surface area contributed by atoms with Gasteiger partial charge in [0.25, 0.3) is 0 Å². The molecule has 1 unspecified atom stereocenters. The fourth-order valence-electron chi connectivity index (χ4n) is 5.86. The molecule has 0 N–H and O–H groups in total. The van der Waals surface area contributed by atoms with Gasteiger partial charge in [-0.1, -0.05) is 19.1 Å². The zero-order chi connectivity index (χ0) is 24.3. The minimum atomic E-state index is -0.219. The number of anilines is 1. The maximum absolute atomic E-state index is 13.5. The summed E-state index contributed by atoms with van der Waals surface area (Å²) in [6.45, 7) is 7.93. The van der Waals surface area contributed by atoms with E-state index >= 15 is 0 Å². The predicted molar refractivity (Wildman–Crippen MR) is 140 cm³/mol. The molecule has 3 atom stereocenters. The van der Waals surface area contributed by atoms with Crippen molar-refractivity contribution in [2.75, 3.05) is 38.6 Å². The van der Waals surface area contributed by atoms with Crippen LogP contribution in [0, 0.1) is 17.7 Å². The number of hydrogen-bond donors (Lipinski definition) is 0. The lowest BCUT2D eigenvalue weighted by molar-refractivity contribution is 0.301. The Morgan fingerprint density at radius 1 is 1.00 bits per heavy atom. The van der Waals surface area contributed by atoms with E-state index in [2.05, 4.69) is 77.3 Å². The SMILES string of the molecule is CC1c2cc(N3C[C@@H](CN(C)C)[C@H](C)C3)ccc2-n2ccnc2-c2cc(-c3ccc(F)cc3)cn21. The summed E-state index contributed by atoms with van der Waals surface area (Å²) in [5, 5.41) is 0.